The summed E-state index contributed by atoms with van der Waals surface area (Å²) in [6.45, 7) is 0.991. The summed E-state index contributed by atoms with van der Waals surface area (Å²) < 4.78 is 7.80. The molecule has 1 amide bonds. The van der Waals surface area contributed by atoms with Gasteiger partial charge in [0.15, 0.2) is 4.96 Å². The van der Waals surface area contributed by atoms with Crippen LogP contribution in [0.1, 0.15) is 16.8 Å². The molecular formula is C27H22ClN3O2S. The molecule has 5 rings (SSSR count). The van der Waals surface area contributed by atoms with Crippen molar-refractivity contribution in [2.24, 2.45) is 0 Å². The molecule has 0 unspecified atom stereocenters. The highest BCUT2D eigenvalue weighted by Gasteiger charge is 2.12. The monoisotopic (exact) mass is 487 g/mol. The minimum atomic E-state index is -0.0363. The number of rotatable bonds is 8. The average Bonchev–Trinajstić information content (AvgIpc) is 3.45. The summed E-state index contributed by atoms with van der Waals surface area (Å²) in [6, 6.07) is 25.4. The smallest absolute Gasteiger partial charge is 0.226 e. The first-order valence-electron chi connectivity index (χ1n) is 10.9. The lowest BCUT2D eigenvalue weighted by molar-refractivity contribution is -0.120. The number of nitrogens with zero attached hydrogens (tertiary/aromatic N) is 2. The molecule has 0 atom stereocenters. The van der Waals surface area contributed by atoms with Crippen molar-refractivity contribution in [3.63, 3.8) is 0 Å². The van der Waals surface area contributed by atoms with Crippen LogP contribution in [0.5, 0.6) is 5.75 Å². The molecule has 3 aromatic carbocycles. The van der Waals surface area contributed by atoms with Crippen LogP contribution in [0.4, 0.5) is 0 Å². The van der Waals surface area contributed by atoms with Crippen molar-refractivity contribution in [2.75, 3.05) is 0 Å². The summed E-state index contributed by atoms with van der Waals surface area (Å²) in [5.74, 6) is 0.766. The number of halogens is 1. The van der Waals surface area contributed by atoms with E-state index < -0.39 is 0 Å². The van der Waals surface area contributed by atoms with Crippen LogP contribution in [0.3, 0.4) is 0 Å². The van der Waals surface area contributed by atoms with Crippen LogP contribution in [0.25, 0.3) is 16.2 Å². The van der Waals surface area contributed by atoms with Crippen molar-refractivity contribution in [3.05, 3.63) is 112 Å². The van der Waals surface area contributed by atoms with Crippen molar-refractivity contribution < 1.29 is 9.53 Å². The van der Waals surface area contributed by atoms with Crippen LogP contribution in [0.15, 0.2) is 90.4 Å². The lowest BCUT2D eigenvalue weighted by atomic mass is 10.2. The van der Waals surface area contributed by atoms with E-state index in [1.54, 1.807) is 0 Å². The topological polar surface area (TPSA) is 55.6 Å². The van der Waals surface area contributed by atoms with Gasteiger partial charge in [0.2, 0.25) is 5.91 Å². The van der Waals surface area contributed by atoms with Gasteiger partial charge in [0.05, 0.1) is 12.1 Å². The normalized spacial score (nSPS) is 11.0. The highest BCUT2D eigenvalue weighted by atomic mass is 35.5. The molecule has 0 aliphatic carbocycles. The molecule has 170 valence electrons. The predicted molar refractivity (Wildman–Crippen MR) is 136 cm³/mol. The Hall–Kier alpha value is -3.61. The van der Waals surface area contributed by atoms with Gasteiger partial charge < -0.3 is 10.1 Å². The second-order valence-electron chi connectivity index (χ2n) is 7.88. The van der Waals surface area contributed by atoms with Crippen molar-refractivity contribution >= 4 is 33.8 Å². The fraction of sp³-hybridized carbons (Fsp3) is 0.111. The van der Waals surface area contributed by atoms with Gasteiger partial charge in [-0.3, -0.25) is 9.20 Å². The number of aromatic nitrogens is 2. The second kappa shape index (κ2) is 10.1. The lowest BCUT2D eigenvalue weighted by Gasteiger charge is -2.08. The summed E-state index contributed by atoms with van der Waals surface area (Å²) in [4.78, 5) is 18.1. The summed E-state index contributed by atoms with van der Waals surface area (Å²) in [6.07, 6.45) is 2.25. The van der Waals surface area contributed by atoms with Crippen LogP contribution in [-0.2, 0) is 24.4 Å². The van der Waals surface area contributed by atoms with E-state index in [0.29, 0.717) is 18.2 Å². The van der Waals surface area contributed by atoms with Gasteiger partial charge in [0, 0.05) is 34.4 Å². The summed E-state index contributed by atoms with van der Waals surface area (Å²) in [7, 11) is 0. The SMILES string of the molecule is O=C(Cc1csc2nc(-c3ccc(Cl)cc3)cn12)NCc1ccc(OCc2ccccc2)cc1. The minimum absolute atomic E-state index is 0.0363. The third-order valence-electron chi connectivity index (χ3n) is 5.43. The van der Waals surface area contributed by atoms with Crippen LogP contribution in [-0.4, -0.2) is 15.3 Å². The average molecular weight is 488 g/mol. The molecule has 7 heteroatoms. The van der Waals surface area contributed by atoms with E-state index in [9.17, 15) is 4.79 Å². The van der Waals surface area contributed by atoms with Gasteiger partial charge in [0.1, 0.15) is 12.4 Å². The van der Waals surface area contributed by atoms with Gasteiger partial charge in [-0.25, -0.2) is 4.98 Å². The first-order valence-corrected chi connectivity index (χ1v) is 12.1. The number of hydrogen-bond donors (Lipinski definition) is 1. The molecule has 0 saturated carbocycles. The molecule has 34 heavy (non-hydrogen) atoms. The number of carbonyl (C=O) groups excluding carboxylic acids is 1. The molecule has 2 heterocycles. The number of nitrogens with one attached hydrogen (secondary N) is 1. The Kier molecular flexibility index (Phi) is 6.60. The van der Waals surface area contributed by atoms with E-state index in [2.05, 4.69) is 10.3 Å². The maximum absolute atomic E-state index is 12.6. The molecule has 0 fully saturated rings. The summed E-state index contributed by atoms with van der Waals surface area (Å²) in [5, 5.41) is 5.67. The predicted octanol–water partition coefficient (Wildman–Crippen LogP) is 6.15. The van der Waals surface area contributed by atoms with Crippen LogP contribution >= 0.6 is 22.9 Å². The molecule has 0 aliphatic heterocycles. The molecule has 0 bridgehead atoms. The third kappa shape index (κ3) is 5.30. The molecular weight excluding hydrogens is 466 g/mol. The highest BCUT2D eigenvalue weighted by Crippen LogP contribution is 2.25. The Morgan fingerprint density at radius 3 is 2.50 bits per heavy atom. The van der Waals surface area contributed by atoms with E-state index in [0.717, 1.165) is 38.8 Å². The van der Waals surface area contributed by atoms with Crippen molar-refractivity contribution in [3.8, 4) is 17.0 Å². The number of carbonyl (C=O) groups is 1. The quantitative estimate of drug-likeness (QED) is 0.285. The molecule has 0 aliphatic rings. The maximum Gasteiger partial charge on any atom is 0.226 e. The van der Waals surface area contributed by atoms with Gasteiger partial charge in [-0.1, -0.05) is 66.2 Å². The summed E-state index contributed by atoms with van der Waals surface area (Å²) >= 11 is 7.51. The van der Waals surface area contributed by atoms with Crippen molar-refractivity contribution in [1.82, 2.24) is 14.7 Å². The molecule has 0 spiro atoms. The Bertz CT molecular complexity index is 1390. The van der Waals surface area contributed by atoms with E-state index in [1.165, 1.54) is 11.3 Å². The van der Waals surface area contributed by atoms with Gasteiger partial charge in [-0.2, -0.15) is 0 Å². The Balaban J connectivity index is 1.16. The number of hydrogen-bond acceptors (Lipinski definition) is 4. The third-order valence-corrected chi connectivity index (χ3v) is 6.57. The Labute approximate surface area is 206 Å². The number of amides is 1. The van der Waals surface area contributed by atoms with Crippen LogP contribution in [0, 0.1) is 0 Å². The first-order chi connectivity index (χ1) is 16.6. The van der Waals surface area contributed by atoms with Crippen LogP contribution < -0.4 is 10.1 Å². The Morgan fingerprint density at radius 2 is 1.74 bits per heavy atom. The fourth-order valence-electron chi connectivity index (χ4n) is 3.59. The standard InChI is InChI=1S/C27H22ClN3O2S/c28-22-10-8-21(9-11-22)25-16-31-23(18-34-27(31)30-25)14-26(32)29-15-19-6-12-24(13-7-19)33-17-20-4-2-1-3-5-20/h1-13,16,18H,14-15,17H2,(H,29,32). The van der Waals surface area contributed by atoms with Gasteiger partial charge >= 0.3 is 0 Å². The van der Waals surface area contributed by atoms with Gasteiger partial charge in [0.25, 0.3) is 0 Å². The summed E-state index contributed by atoms with van der Waals surface area (Å²) in [5.41, 5.74) is 4.91. The number of imidazole rings is 1. The first kappa shape index (κ1) is 22.2. The van der Waals surface area contributed by atoms with E-state index >= 15 is 0 Å². The number of thiazole rings is 1. The minimum Gasteiger partial charge on any atom is -0.489 e. The molecule has 0 saturated heterocycles. The molecule has 2 aromatic heterocycles. The molecule has 5 aromatic rings. The van der Waals surface area contributed by atoms with Crippen LogP contribution in [0.2, 0.25) is 5.02 Å². The zero-order valence-electron chi connectivity index (χ0n) is 18.3. The lowest BCUT2D eigenvalue weighted by Crippen LogP contribution is -2.24. The second-order valence-corrected chi connectivity index (χ2v) is 9.16. The van der Waals surface area contributed by atoms with Gasteiger partial charge in [-0.15, -0.1) is 11.3 Å². The van der Waals surface area contributed by atoms with Crippen molar-refractivity contribution in [2.45, 2.75) is 19.6 Å². The molecule has 5 nitrogen and oxygen atoms in total. The zero-order chi connectivity index (χ0) is 23.3. The number of ether oxygens (including phenoxy) is 1. The fourth-order valence-corrected chi connectivity index (χ4v) is 4.59. The van der Waals surface area contributed by atoms with Gasteiger partial charge in [-0.05, 0) is 35.4 Å². The van der Waals surface area contributed by atoms with E-state index in [4.69, 9.17) is 16.3 Å². The Morgan fingerprint density at radius 1 is 0.971 bits per heavy atom. The largest absolute Gasteiger partial charge is 0.489 e. The maximum atomic E-state index is 12.6. The zero-order valence-corrected chi connectivity index (χ0v) is 19.9. The molecule has 0 radical (unpaired) electrons. The number of fused-ring (bicyclic) bond motifs is 1. The number of benzene rings is 3. The van der Waals surface area contributed by atoms with E-state index in [1.807, 2.05) is 94.8 Å². The molecule has 1 N–H and O–H groups in total. The van der Waals surface area contributed by atoms with E-state index in [-0.39, 0.29) is 12.3 Å². The highest BCUT2D eigenvalue weighted by molar-refractivity contribution is 7.15. The van der Waals surface area contributed by atoms with Crippen molar-refractivity contribution in [1.29, 1.82) is 0 Å².